The second kappa shape index (κ2) is 6.76. The van der Waals surface area contributed by atoms with Gasteiger partial charge in [0.25, 0.3) is 0 Å². The highest BCUT2D eigenvalue weighted by atomic mass is 15.3. The van der Waals surface area contributed by atoms with Gasteiger partial charge in [0.2, 0.25) is 0 Å². The number of pyridine rings is 1. The van der Waals surface area contributed by atoms with Crippen molar-refractivity contribution in [3.05, 3.63) is 30.7 Å². The molecule has 7 heteroatoms. The highest BCUT2D eigenvalue weighted by molar-refractivity contribution is 5.88. The molecule has 0 spiro atoms. The molecule has 4 rings (SSSR count). The van der Waals surface area contributed by atoms with Crippen LogP contribution < -0.4 is 5.32 Å². The zero-order valence-corrected chi connectivity index (χ0v) is 14.7. The molecule has 1 N–H and O–H groups in total. The minimum Gasteiger partial charge on any atom is -0.368 e. The number of nitrogens with one attached hydrogen (secondary N) is 1. The molecule has 0 radical (unpaired) electrons. The van der Waals surface area contributed by atoms with E-state index < -0.39 is 0 Å². The van der Waals surface area contributed by atoms with Gasteiger partial charge in [-0.1, -0.05) is 0 Å². The van der Waals surface area contributed by atoms with Gasteiger partial charge in [0.05, 0.1) is 11.6 Å². The van der Waals surface area contributed by atoms with Crippen LogP contribution in [0.4, 0.5) is 5.82 Å². The molecule has 0 saturated carbocycles. The zero-order valence-electron chi connectivity index (χ0n) is 14.7. The SMILES string of the molecule is C[C@H](CNc1nc(-c2ccncc2)nc2c1cnn2C)N1CCCC1. The summed E-state index contributed by atoms with van der Waals surface area (Å²) in [6.07, 6.45) is 7.95. The molecule has 1 atom stereocenters. The van der Waals surface area contributed by atoms with Crippen molar-refractivity contribution in [3.63, 3.8) is 0 Å². The van der Waals surface area contributed by atoms with E-state index in [1.165, 1.54) is 25.9 Å². The summed E-state index contributed by atoms with van der Waals surface area (Å²) < 4.78 is 1.79. The van der Waals surface area contributed by atoms with Crippen molar-refractivity contribution in [3.8, 4) is 11.4 Å². The molecule has 0 aliphatic carbocycles. The minimum atomic E-state index is 0.480. The van der Waals surface area contributed by atoms with E-state index in [1.807, 2.05) is 25.4 Å². The Morgan fingerprint density at radius 3 is 2.68 bits per heavy atom. The Labute approximate surface area is 147 Å². The average Bonchev–Trinajstić information content (AvgIpc) is 3.31. The summed E-state index contributed by atoms with van der Waals surface area (Å²) in [5.74, 6) is 1.53. The van der Waals surface area contributed by atoms with E-state index in [0.717, 1.165) is 29.0 Å². The molecule has 1 aliphatic heterocycles. The Morgan fingerprint density at radius 2 is 1.92 bits per heavy atom. The Kier molecular flexibility index (Phi) is 4.31. The van der Waals surface area contributed by atoms with Crippen LogP contribution in [0.15, 0.2) is 30.7 Å². The summed E-state index contributed by atoms with van der Waals surface area (Å²) in [5, 5.41) is 8.83. The molecule has 1 aliphatic rings. The number of aromatic nitrogens is 5. The van der Waals surface area contributed by atoms with Crippen molar-refractivity contribution >= 4 is 16.9 Å². The average molecular weight is 337 g/mol. The summed E-state index contributed by atoms with van der Waals surface area (Å²) in [6.45, 7) is 5.51. The third-order valence-corrected chi connectivity index (χ3v) is 4.86. The van der Waals surface area contributed by atoms with Crippen LogP contribution in [0.3, 0.4) is 0 Å². The third-order valence-electron chi connectivity index (χ3n) is 4.86. The predicted molar refractivity (Wildman–Crippen MR) is 98.3 cm³/mol. The fraction of sp³-hybridized carbons (Fsp3) is 0.444. The van der Waals surface area contributed by atoms with E-state index in [9.17, 15) is 0 Å². The number of likely N-dealkylation sites (tertiary alicyclic amines) is 1. The highest BCUT2D eigenvalue weighted by Gasteiger charge is 2.19. The van der Waals surface area contributed by atoms with Gasteiger partial charge >= 0.3 is 0 Å². The fourth-order valence-corrected chi connectivity index (χ4v) is 3.34. The molecule has 0 unspecified atom stereocenters. The maximum Gasteiger partial charge on any atom is 0.164 e. The van der Waals surface area contributed by atoms with Gasteiger partial charge in [0.15, 0.2) is 11.5 Å². The number of aryl methyl sites for hydroxylation is 1. The van der Waals surface area contributed by atoms with Crippen molar-refractivity contribution in [1.82, 2.24) is 29.6 Å². The van der Waals surface area contributed by atoms with Crippen molar-refractivity contribution in [2.45, 2.75) is 25.8 Å². The van der Waals surface area contributed by atoms with Gasteiger partial charge in [-0.25, -0.2) is 9.97 Å². The van der Waals surface area contributed by atoms with Crippen LogP contribution in [-0.2, 0) is 7.05 Å². The smallest absolute Gasteiger partial charge is 0.164 e. The molecule has 1 saturated heterocycles. The van der Waals surface area contributed by atoms with Crippen molar-refractivity contribution in [1.29, 1.82) is 0 Å². The van der Waals surface area contributed by atoms with Gasteiger partial charge < -0.3 is 5.32 Å². The standard InChI is InChI=1S/C18H23N7/c1-13(25-9-3-4-10-25)11-20-17-15-12-21-24(2)18(15)23-16(22-17)14-5-7-19-8-6-14/h5-8,12-13H,3-4,9-11H2,1-2H3,(H,20,22,23)/t13-/m1/s1. The van der Waals surface area contributed by atoms with Gasteiger partial charge in [0.1, 0.15) is 5.82 Å². The molecule has 0 aromatic carbocycles. The van der Waals surface area contributed by atoms with Crippen molar-refractivity contribution in [2.75, 3.05) is 25.0 Å². The number of hydrogen-bond acceptors (Lipinski definition) is 6. The van der Waals surface area contributed by atoms with Gasteiger partial charge in [-0.15, -0.1) is 0 Å². The first-order valence-corrected chi connectivity index (χ1v) is 8.80. The van der Waals surface area contributed by atoms with Crippen LogP contribution in [0.1, 0.15) is 19.8 Å². The van der Waals surface area contributed by atoms with Crippen LogP contribution >= 0.6 is 0 Å². The first-order chi connectivity index (χ1) is 12.2. The van der Waals surface area contributed by atoms with Crippen LogP contribution in [0.2, 0.25) is 0 Å². The number of anilines is 1. The summed E-state index contributed by atoms with van der Waals surface area (Å²) in [4.78, 5) is 16.0. The molecule has 0 amide bonds. The molecule has 7 nitrogen and oxygen atoms in total. The molecule has 3 aromatic heterocycles. The van der Waals surface area contributed by atoms with Crippen molar-refractivity contribution in [2.24, 2.45) is 7.05 Å². The van der Waals surface area contributed by atoms with Crippen LogP contribution in [-0.4, -0.2) is 55.3 Å². The summed E-state index contributed by atoms with van der Waals surface area (Å²) in [5.41, 5.74) is 1.78. The lowest BCUT2D eigenvalue weighted by Gasteiger charge is -2.24. The molecule has 4 heterocycles. The highest BCUT2D eigenvalue weighted by Crippen LogP contribution is 2.24. The number of rotatable bonds is 5. The molecule has 130 valence electrons. The third kappa shape index (κ3) is 3.19. The molecular weight excluding hydrogens is 314 g/mol. The number of fused-ring (bicyclic) bond motifs is 1. The van der Waals surface area contributed by atoms with Gasteiger partial charge in [0, 0.05) is 37.6 Å². The lowest BCUT2D eigenvalue weighted by atomic mass is 10.2. The summed E-state index contributed by atoms with van der Waals surface area (Å²) in [7, 11) is 1.91. The quantitative estimate of drug-likeness (QED) is 0.770. The van der Waals surface area contributed by atoms with E-state index in [4.69, 9.17) is 4.98 Å². The largest absolute Gasteiger partial charge is 0.368 e. The molecule has 25 heavy (non-hydrogen) atoms. The van der Waals surface area contributed by atoms with E-state index in [0.29, 0.717) is 11.9 Å². The number of hydrogen-bond donors (Lipinski definition) is 1. The topological polar surface area (TPSA) is 71.8 Å². The second-order valence-electron chi connectivity index (χ2n) is 6.61. The Hall–Kier alpha value is -2.54. The molecule has 1 fully saturated rings. The minimum absolute atomic E-state index is 0.480. The van der Waals surface area contributed by atoms with E-state index >= 15 is 0 Å². The van der Waals surface area contributed by atoms with Crippen LogP contribution in [0, 0.1) is 0 Å². The number of nitrogens with zero attached hydrogens (tertiary/aromatic N) is 6. The summed E-state index contributed by atoms with van der Waals surface area (Å²) in [6, 6.07) is 4.33. The van der Waals surface area contributed by atoms with Crippen LogP contribution in [0.5, 0.6) is 0 Å². The van der Waals surface area contributed by atoms with Gasteiger partial charge in [-0.2, -0.15) is 5.10 Å². The summed E-state index contributed by atoms with van der Waals surface area (Å²) >= 11 is 0. The lowest BCUT2D eigenvalue weighted by Crippen LogP contribution is -2.35. The Morgan fingerprint density at radius 1 is 1.16 bits per heavy atom. The first-order valence-electron chi connectivity index (χ1n) is 8.80. The van der Waals surface area contributed by atoms with Crippen molar-refractivity contribution < 1.29 is 0 Å². The van der Waals surface area contributed by atoms with Gasteiger partial charge in [-0.05, 0) is 45.0 Å². The molecular formula is C18H23N7. The maximum atomic E-state index is 4.76. The molecule has 3 aromatic rings. The zero-order chi connectivity index (χ0) is 17.2. The maximum absolute atomic E-state index is 4.76. The first kappa shape index (κ1) is 16.0. The van der Waals surface area contributed by atoms with E-state index in [-0.39, 0.29) is 0 Å². The normalized spacial score (nSPS) is 16.4. The fourth-order valence-electron chi connectivity index (χ4n) is 3.34. The van der Waals surface area contributed by atoms with E-state index in [2.05, 4.69) is 32.2 Å². The van der Waals surface area contributed by atoms with Gasteiger partial charge in [-0.3, -0.25) is 14.6 Å². The lowest BCUT2D eigenvalue weighted by molar-refractivity contribution is 0.269. The predicted octanol–water partition coefficient (Wildman–Crippen LogP) is 2.32. The molecule has 0 bridgehead atoms. The van der Waals surface area contributed by atoms with E-state index in [1.54, 1.807) is 17.1 Å². The Balaban J connectivity index is 1.64. The Bertz CT molecular complexity index is 852. The second-order valence-corrected chi connectivity index (χ2v) is 6.61. The van der Waals surface area contributed by atoms with Crippen LogP contribution in [0.25, 0.3) is 22.4 Å². The monoisotopic (exact) mass is 337 g/mol.